The van der Waals surface area contributed by atoms with E-state index in [1.54, 1.807) is 23.1 Å². The monoisotopic (exact) mass is 418 g/mol. The quantitative estimate of drug-likeness (QED) is 0.659. The number of nitrogens with one attached hydrogen (secondary N) is 2. The molecule has 4 rings (SSSR count). The maximum atomic E-state index is 12.9. The highest BCUT2D eigenvalue weighted by molar-refractivity contribution is 5.69. The average Bonchev–Trinajstić information content (AvgIpc) is 3.30. The van der Waals surface area contributed by atoms with Crippen LogP contribution in [0.5, 0.6) is 0 Å². The molecule has 1 aliphatic heterocycles. The van der Waals surface area contributed by atoms with E-state index in [1.807, 2.05) is 13.0 Å². The number of aryl methyl sites for hydroxylation is 1. The maximum absolute atomic E-state index is 12.9. The standard InChI is InChI=1S/C19H17F3N6O2/c1-11-4-15(12-7-25-28(9-12)10-14-8-24-18(29)30-14)26-17(5-11)27-16-6-13(2-3-23-16)19(20,21)22/h2-7,9,14H,8,10H2,1H3,(H,24,29)(H,23,26,27)/t14-/m1/s1. The molecule has 0 aromatic carbocycles. The molecule has 0 radical (unpaired) electrons. The van der Waals surface area contributed by atoms with E-state index < -0.39 is 17.8 Å². The Bertz CT molecular complexity index is 1080. The fraction of sp³-hybridized carbons (Fsp3) is 0.263. The highest BCUT2D eigenvalue weighted by Gasteiger charge is 2.30. The van der Waals surface area contributed by atoms with Gasteiger partial charge < -0.3 is 15.4 Å². The van der Waals surface area contributed by atoms with Crippen LogP contribution in [0.15, 0.2) is 42.9 Å². The SMILES string of the molecule is Cc1cc(Nc2cc(C(F)(F)F)ccn2)nc(-c2cnn(C[C@H]3CNC(=O)O3)c2)c1. The molecule has 2 N–H and O–H groups in total. The molecule has 1 atom stereocenters. The fourth-order valence-corrected chi connectivity index (χ4v) is 3.02. The largest absolute Gasteiger partial charge is 0.442 e. The third-order valence-corrected chi connectivity index (χ3v) is 4.38. The van der Waals surface area contributed by atoms with Crippen LogP contribution in [0.3, 0.4) is 0 Å². The number of amides is 1. The van der Waals surface area contributed by atoms with Crippen molar-refractivity contribution in [1.82, 2.24) is 25.1 Å². The number of cyclic esters (lactones) is 1. The van der Waals surface area contributed by atoms with Gasteiger partial charge in [-0.3, -0.25) is 4.68 Å². The summed E-state index contributed by atoms with van der Waals surface area (Å²) in [4.78, 5) is 19.5. The van der Waals surface area contributed by atoms with Crippen LogP contribution in [0.25, 0.3) is 11.3 Å². The third-order valence-electron chi connectivity index (χ3n) is 4.38. The molecule has 0 bridgehead atoms. The number of halogens is 3. The molecule has 1 saturated heterocycles. The van der Waals surface area contributed by atoms with E-state index in [9.17, 15) is 18.0 Å². The second kappa shape index (κ2) is 7.65. The van der Waals surface area contributed by atoms with E-state index in [2.05, 4.69) is 25.7 Å². The summed E-state index contributed by atoms with van der Waals surface area (Å²) in [6.07, 6.45) is -0.733. The minimum Gasteiger partial charge on any atom is -0.442 e. The Morgan fingerprint density at radius 3 is 2.87 bits per heavy atom. The zero-order valence-corrected chi connectivity index (χ0v) is 15.8. The Labute approximate surface area is 169 Å². The van der Waals surface area contributed by atoms with Crippen molar-refractivity contribution in [3.63, 3.8) is 0 Å². The molecule has 1 amide bonds. The van der Waals surface area contributed by atoms with Gasteiger partial charge in [0.25, 0.3) is 0 Å². The van der Waals surface area contributed by atoms with Crippen molar-refractivity contribution >= 4 is 17.7 Å². The van der Waals surface area contributed by atoms with Crippen LogP contribution < -0.4 is 10.6 Å². The van der Waals surface area contributed by atoms with E-state index in [0.29, 0.717) is 24.6 Å². The summed E-state index contributed by atoms with van der Waals surface area (Å²) in [6.45, 7) is 2.66. The summed E-state index contributed by atoms with van der Waals surface area (Å²) >= 11 is 0. The van der Waals surface area contributed by atoms with Crippen LogP contribution in [0.4, 0.5) is 29.6 Å². The Hall–Kier alpha value is -3.63. The van der Waals surface area contributed by atoms with E-state index in [4.69, 9.17) is 4.74 Å². The van der Waals surface area contributed by atoms with Crippen LogP contribution in [0.2, 0.25) is 0 Å². The van der Waals surface area contributed by atoms with Crippen molar-refractivity contribution in [2.45, 2.75) is 25.7 Å². The number of nitrogens with zero attached hydrogens (tertiary/aromatic N) is 4. The molecule has 30 heavy (non-hydrogen) atoms. The molecule has 1 aliphatic rings. The van der Waals surface area contributed by atoms with Crippen LogP contribution in [0.1, 0.15) is 11.1 Å². The Morgan fingerprint density at radius 2 is 2.13 bits per heavy atom. The summed E-state index contributed by atoms with van der Waals surface area (Å²) in [5.74, 6) is 0.401. The van der Waals surface area contributed by atoms with Gasteiger partial charge in [-0.1, -0.05) is 0 Å². The number of hydrogen-bond donors (Lipinski definition) is 2. The van der Waals surface area contributed by atoms with Gasteiger partial charge in [0.15, 0.2) is 0 Å². The normalized spacial score (nSPS) is 16.3. The molecular weight excluding hydrogens is 401 g/mol. The van der Waals surface area contributed by atoms with Crippen molar-refractivity contribution < 1.29 is 22.7 Å². The molecule has 8 nitrogen and oxygen atoms in total. The summed E-state index contributed by atoms with van der Waals surface area (Å²) < 4.78 is 45.5. The van der Waals surface area contributed by atoms with Gasteiger partial charge in [0.1, 0.15) is 17.7 Å². The number of hydrogen-bond acceptors (Lipinski definition) is 6. The van der Waals surface area contributed by atoms with Gasteiger partial charge in [0, 0.05) is 18.0 Å². The number of rotatable bonds is 5. The van der Waals surface area contributed by atoms with E-state index in [0.717, 1.165) is 29.5 Å². The second-order valence-corrected chi connectivity index (χ2v) is 6.83. The minimum absolute atomic E-state index is 0.0418. The van der Waals surface area contributed by atoms with Gasteiger partial charge in [-0.05, 0) is 36.8 Å². The van der Waals surface area contributed by atoms with Gasteiger partial charge >= 0.3 is 12.3 Å². The van der Waals surface area contributed by atoms with Crippen LogP contribution in [0, 0.1) is 6.92 Å². The number of carbonyl (C=O) groups excluding carboxylic acids is 1. The lowest BCUT2D eigenvalue weighted by Gasteiger charge is -2.11. The molecule has 0 unspecified atom stereocenters. The van der Waals surface area contributed by atoms with Gasteiger partial charge in [0.2, 0.25) is 0 Å². The molecule has 3 aromatic rings. The molecule has 3 aromatic heterocycles. The Kier molecular flexibility index (Phi) is 5.02. The molecular formula is C19H17F3N6O2. The lowest BCUT2D eigenvalue weighted by Crippen LogP contribution is -2.20. The molecule has 156 valence electrons. The van der Waals surface area contributed by atoms with Crippen molar-refractivity contribution in [3.8, 4) is 11.3 Å². The predicted molar refractivity (Wildman–Crippen MR) is 101 cm³/mol. The van der Waals surface area contributed by atoms with Gasteiger partial charge in [-0.15, -0.1) is 0 Å². The fourth-order valence-electron chi connectivity index (χ4n) is 3.02. The molecule has 11 heteroatoms. The van der Waals surface area contributed by atoms with E-state index in [1.165, 1.54) is 0 Å². The van der Waals surface area contributed by atoms with Gasteiger partial charge in [-0.2, -0.15) is 18.3 Å². The number of carbonyl (C=O) groups is 1. The predicted octanol–water partition coefficient (Wildman–Crippen LogP) is 3.52. The van der Waals surface area contributed by atoms with E-state index >= 15 is 0 Å². The first kappa shape index (κ1) is 19.7. The smallest absolute Gasteiger partial charge is 0.416 e. The lowest BCUT2D eigenvalue weighted by atomic mass is 10.1. The van der Waals surface area contributed by atoms with Gasteiger partial charge in [0.05, 0.1) is 30.5 Å². The van der Waals surface area contributed by atoms with Crippen LogP contribution >= 0.6 is 0 Å². The van der Waals surface area contributed by atoms with Gasteiger partial charge in [-0.25, -0.2) is 14.8 Å². The Balaban J connectivity index is 1.53. The van der Waals surface area contributed by atoms with Crippen molar-refractivity contribution in [3.05, 3.63) is 54.0 Å². The van der Waals surface area contributed by atoms with Crippen molar-refractivity contribution in [2.75, 3.05) is 11.9 Å². The number of aromatic nitrogens is 4. The second-order valence-electron chi connectivity index (χ2n) is 6.83. The third kappa shape index (κ3) is 4.50. The first-order chi connectivity index (χ1) is 14.3. The van der Waals surface area contributed by atoms with E-state index in [-0.39, 0.29) is 11.9 Å². The first-order valence-electron chi connectivity index (χ1n) is 9.02. The molecule has 1 fully saturated rings. The molecule has 0 aliphatic carbocycles. The zero-order valence-electron chi connectivity index (χ0n) is 15.8. The number of alkyl halides is 3. The lowest BCUT2D eigenvalue weighted by molar-refractivity contribution is -0.137. The maximum Gasteiger partial charge on any atom is 0.416 e. The molecule has 0 spiro atoms. The summed E-state index contributed by atoms with van der Waals surface area (Å²) in [6, 6.07) is 5.38. The number of alkyl carbamates (subject to hydrolysis) is 1. The highest BCUT2D eigenvalue weighted by Crippen LogP contribution is 2.30. The Morgan fingerprint density at radius 1 is 1.30 bits per heavy atom. The molecule has 4 heterocycles. The summed E-state index contributed by atoms with van der Waals surface area (Å²) in [5.41, 5.74) is 1.38. The van der Waals surface area contributed by atoms with Crippen molar-refractivity contribution in [2.24, 2.45) is 0 Å². The minimum atomic E-state index is -4.46. The average molecular weight is 418 g/mol. The summed E-state index contributed by atoms with van der Waals surface area (Å²) in [5, 5.41) is 9.67. The number of ether oxygens (including phenoxy) is 1. The first-order valence-corrected chi connectivity index (χ1v) is 9.02. The topological polar surface area (TPSA) is 94.0 Å². The molecule has 0 saturated carbocycles. The number of anilines is 2. The highest BCUT2D eigenvalue weighted by atomic mass is 19.4. The van der Waals surface area contributed by atoms with Crippen molar-refractivity contribution in [1.29, 1.82) is 0 Å². The zero-order chi connectivity index (χ0) is 21.3. The summed E-state index contributed by atoms with van der Waals surface area (Å²) in [7, 11) is 0. The number of pyridine rings is 2. The van der Waals surface area contributed by atoms with Crippen LogP contribution in [-0.4, -0.2) is 38.5 Å². The van der Waals surface area contributed by atoms with Crippen LogP contribution in [-0.2, 0) is 17.5 Å².